The lowest BCUT2D eigenvalue weighted by atomic mass is 10.3. The van der Waals surface area contributed by atoms with E-state index in [0.717, 1.165) is 11.3 Å². The van der Waals surface area contributed by atoms with E-state index in [1.807, 2.05) is 5.38 Å². The third-order valence-corrected chi connectivity index (χ3v) is 1.66. The van der Waals surface area contributed by atoms with E-state index < -0.39 is 0 Å². The summed E-state index contributed by atoms with van der Waals surface area (Å²) in [6.45, 7) is 0. The van der Waals surface area contributed by atoms with E-state index in [0.29, 0.717) is 0 Å². The lowest BCUT2D eigenvalue weighted by Gasteiger charge is -1.80. The topological polar surface area (TPSA) is 54.5 Å². The Balaban J connectivity index is 2.48. The molecule has 2 aromatic heterocycles. The Labute approximate surface area is 61.1 Å². The number of nitrogens with zero attached hydrogens (tertiary/aromatic N) is 3. The molecule has 0 fully saturated rings. The van der Waals surface area contributed by atoms with Gasteiger partial charge in [-0.1, -0.05) is 4.49 Å². The first kappa shape index (κ1) is 5.55. The summed E-state index contributed by atoms with van der Waals surface area (Å²) < 4.78 is 3.73. The zero-order valence-electron chi connectivity index (χ0n) is 4.98. The van der Waals surface area contributed by atoms with Crippen LogP contribution in [-0.4, -0.2) is 19.8 Å². The maximum Gasteiger partial charge on any atom is 0.109 e. The molecular weight excluding hydrogens is 148 g/mol. The highest BCUT2D eigenvalue weighted by atomic mass is 32.1. The van der Waals surface area contributed by atoms with Gasteiger partial charge in [0.1, 0.15) is 5.69 Å². The second kappa shape index (κ2) is 2.18. The fourth-order valence-corrected chi connectivity index (χ4v) is 1.15. The van der Waals surface area contributed by atoms with Gasteiger partial charge in [-0.3, -0.25) is 5.10 Å². The van der Waals surface area contributed by atoms with Gasteiger partial charge >= 0.3 is 0 Å². The maximum atomic E-state index is 3.87. The molecule has 4 nitrogen and oxygen atoms in total. The molecule has 0 radical (unpaired) electrons. The van der Waals surface area contributed by atoms with E-state index in [2.05, 4.69) is 19.8 Å². The van der Waals surface area contributed by atoms with Crippen molar-refractivity contribution < 1.29 is 0 Å². The summed E-state index contributed by atoms with van der Waals surface area (Å²) in [4.78, 5) is 0. The van der Waals surface area contributed by atoms with Crippen LogP contribution in [0.25, 0.3) is 11.3 Å². The fraction of sp³-hybridized carbons (Fsp3) is 0. The molecule has 0 spiro atoms. The summed E-state index contributed by atoms with van der Waals surface area (Å²) in [5.74, 6) is 0. The van der Waals surface area contributed by atoms with Crippen molar-refractivity contribution in [1.29, 1.82) is 0 Å². The number of H-pyrrole nitrogens is 1. The Bertz CT molecular complexity index is 253. The van der Waals surface area contributed by atoms with Crippen LogP contribution in [-0.2, 0) is 0 Å². The Morgan fingerprint density at radius 1 is 1.50 bits per heavy atom. The lowest BCUT2D eigenvalue weighted by molar-refractivity contribution is 1.09. The van der Waals surface area contributed by atoms with Crippen LogP contribution < -0.4 is 0 Å². The molecule has 0 bridgehead atoms. The molecule has 0 aliphatic heterocycles. The van der Waals surface area contributed by atoms with E-state index in [4.69, 9.17) is 0 Å². The summed E-state index contributed by atoms with van der Waals surface area (Å²) >= 11 is 1.34. The van der Waals surface area contributed by atoms with Crippen LogP contribution >= 0.6 is 11.5 Å². The monoisotopic (exact) mass is 152 g/mol. The van der Waals surface area contributed by atoms with Crippen molar-refractivity contribution in [3.8, 4) is 11.3 Å². The first-order valence-electron chi connectivity index (χ1n) is 2.73. The Morgan fingerprint density at radius 3 is 3.10 bits per heavy atom. The van der Waals surface area contributed by atoms with E-state index in [1.165, 1.54) is 11.5 Å². The van der Waals surface area contributed by atoms with E-state index in [9.17, 15) is 0 Å². The fourth-order valence-electron chi connectivity index (χ4n) is 0.681. The molecule has 0 saturated heterocycles. The average Bonchev–Trinajstić information content (AvgIpc) is 2.59. The molecule has 0 amide bonds. The second-order valence-corrected chi connectivity index (χ2v) is 2.39. The van der Waals surface area contributed by atoms with Gasteiger partial charge in [0.15, 0.2) is 0 Å². The van der Waals surface area contributed by atoms with Crippen molar-refractivity contribution in [3.05, 3.63) is 17.8 Å². The standard InChI is InChI=1S/C5H4N4S/c1-4(2-7-6-1)5-3-10-9-8-5/h1-3H,(H,6,7). The Kier molecular flexibility index (Phi) is 1.21. The molecule has 2 aromatic rings. The SMILES string of the molecule is c1n[nH]cc1-c1csnn1. The Morgan fingerprint density at radius 2 is 2.50 bits per heavy atom. The Hall–Kier alpha value is -1.23. The van der Waals surface area contributed by atoms with Crippen molar-refractivity contribution in [2.45, 2.75) is 0 Å². The molecule has 0 atom stereocenters. The highest BCUT2D eigenvalue weighted by Crippen LogP contribution is 2.14. The van der Waals surface area contributed by atoms with Crippen LogP contribution in [0.2, 0.25) is 0 Å². The normalized spacial score (nSPS) is 10.0. The van der Waals surface area contributed by atoms with Gasteiger partial charge in [-0.05, 0) is 11.5 Å². The second-order valence-electron chi connectivity index (χ2n) is 1.78. The number of nitrogens with one attached hydrogen (secondary N) is 1. The third kappa shape index (κ3) is 0.801. The summed E-state index contributed by atoms with van der Waals surface area (Å²) in [5, 5.41) is 12.2. The molecule has 5 heteroatoms. The van der Waals surface area contributed by atoms with Gasteiger partial charge in [-0.2, -0.15) is 5.10 Å². The quantitative estimate of drug-likeness (QED) is 0.661. The van der Waals surface area contributed by atoms with Crippen molar-refractivity contribution in [2.75, 3.05) is 0 Å². The molecule has 0 aromatic carbocycles. The minimum absolute atomic E-state index is 0.874. The zero-order valence-corrected chi connectivity index (χ0v) is 5.80. The van der Waals surface area contributed by atoms with Crippen LogP contribution in [0.3, 0.4) is 0 Å². The van der Waals surface area contributed by atoms with Gasteiger partial charge in [0.2, 0.25) is 0 Å². The molecular formula is C5H4N4S. The first-order valence-corrected chi connectivity index (χ1v) is 3.56. The molecule has 0 saturated carbocycles. The van der Waals surface area contributed by atoms with Crippen LogP contribution in [0.1, 0.15) is 0 Å². The minimum atomic E-state index is 0.874. The number of hydrogen-bond donors (Lipinski definition) is 1. The summed E-state index contributed by atoms with van der Waals surface area (Å²) in [7, 11) is 0. The van der Waals surface area contributed by atoms with Gasteiger partial charge in [0.05, 0.1) is 6.20 Å². The third-order valence-electron chi connectivity index (χ3n) is 1.15. The molecule has 0 unspecified atom stereocenters. The van der Waals surface area contributed by atoms with Gasteiger partial charge < -0.3 is 0 Å². The number of hydrogen-bond acceptors (Lipinski definition) is 4. The van der Waals surface area contributed by atoms with E-state index in [1.54, 1.807) is 12.4 Å². The van der Waals surface area contributed by atoms with Crippen molar-refractivity contribution >= 4 is 11.5 Å². The highest BCUT2D eigenvalue weighted by molar-refractivity contribution is 7.03. The van der Waals surface area contributed by atoms with Gasteiger partial charge in [0, 0.05) is 17.1 Å². The van der Waals surface area contributed by atoms with Gasteiger partial charge in [0.25, 0.3) is 0 Å². The largest absolute Gasteiger partial charge is 0.285 e. The summed E-state index contributed by atoms with van der Waals surface area (Å²) in [6.07, 6.45) is 3.51. The van der Waals surface area contributed by atoms with E-state index in [-0.39, 0.29) is 0 Å². The van der Waals surface area contributed by atoms with Crippen LogP contribution in [0.4, 0.5) is 0 Å². The molecule has 0 aliphatic rings. The smallest absolute Gasteiger partial charge is 0.109 e. The van der Waals surface area contributed by atoms with Crippen LogP contribution in [0.5, 0.6) is 0 Å². The number of aromatic nitrogens is 4. The summed E-state index contributed by atoms with van der Waals surface area (Å²) in [6, 6.07) is 0. The van der Waals surface area contributed by atoms with Crippen LogP contribution in [0, 0.1) is 0 Å². The van der Waals surface area contributed by atoms with Gasteiger partial charge in [-0.15, -0.1) is 5.10 Å². The maximum absolute atomic E-state index is 3.87. The highest BCUT2D eigenvalue weighted by Gasteiger charge is 1.99. The van der Waals surface area contributed by atoms with Crippen molar-refractivity contribution in [2.24, 2.45) is 0 Å². The molecule has 2 rings (SSSR count). The molecule has 50 valence electrons. The number of rotatable bonds is 1. The average molecular weight is 152 g/mol. The zero-order chi connectivity index (χ0) is 6.81. The van der Waals surface area contributed by atoms with E-state index >= 15 is 0 Å². The number of aromatic amines is 1. The van der Waals surface area contributed by atoms with Gasteiger partial charge in [-0.25, -0.2) is 0 Å². The van der Waals surface area contributed by atoms with Crippen molar-refractivity contribution in [1.82, 2.24) is 19.8 Å². The molecule has 2 heterocycles. The first-order chi connectivity index (χ1) is 4.97. The lowest BCUT2D eigenvalue weighted by Crippen LogP contribution is -1.71. The van der Waals surface area contributed by atoms with Crippen molar-refractivity contribution in [3.63, 3.8) is 0 Å². The molecule has 1 N–H and O–H groups in total. The predicted molar refractivity (Wildman–Crippen MR) is 37.5 cm³/mol. The summed E-state index contributed by atoms with van der Waals surface area (Å²) in [5.41, 5.74) is 1.85. The molecule has 10 heavy (non-hydrogen) atoms. The van der Waals surface area contributed by atoms with Crippen LogP contribution in [0.15, 0.2) is 17.8 Å². The minimum Gasteiger partial charge on any atom is -0.285 e. The predicted octanol–water partition coefficient (Wildman–Crippen LogP) is 0.928. The molecule has 0 aliphatic carbocycles.